The number of rotatable bonds is 6. The van der Waals surface area contributed by atoms with E-state index >= 15 is 4.39 Å². The number of benzene rings is 3. The van der Waals surface area contributed by atoms with Crippen molar-refractivity contribution in [1.29, 1.82) is 0 Å². The monoisotopic (exact) mass is 545 g/mol. The van der Waals surface area contributed by atoms with Crippen LogP contribution in [0.25, 0.3) is 45.1 Å². The van der Waals surface area contributed by atoms with Crippen LogP contribution in [-0.2, 0) is 29.8 Å². The number of halogens is 4. The zero-order valence-corrected chi connectivity index (χ0v) is 20.7. The summed E-state index contributed by atoms with van der Waals surface area (Å²) in [6.07, 6.45) is -2.55. The second kappa shape index (κ2) is 9.33. The minimum atomic E-state index is -4.85. The fourth-order valence-electron chi connectivity index (χ4n) is 4.11. The molecule has 0 aliphatic heterocycles. The van der Waals surface area contributed by atoms with E-state index in [-0.39, 0.29) is 28.0 Å². The molecule has 5 rings (SSSR count). The number of nitrogens with one attached hydrogen (secondary N) is 1. The first kappa shape index (κ1) is 25.5. The van der Waals surface area contributed by atoms with E-state index < -0.39 is 45.6 Å². The summed E-state index contributed by atoms with van der Waals surface area (Å²) >= 11 is 0. The summed E-state index contributed by atoms with van der Waals surface area (Å²) in [7, 11) is -2.03. The number of hydrogen-bond acceptors (Lipinski definition) is 6. The highest BCUT2D eigenvalue weighted by Crippen LogP contribution is 2.43. The molecule has 0 saturated heterocycles. The van der Waals surface area contributed by atoms with Crippen molar-refractivity contribution < 1.29 is 30.4 Å². The van der Waals surface area contributed by atoms with Crippen LogP contribution in [0.15, 0.2) is 65.3 Å². The van der Waals surface area contributed by atoms with Crippen molar-refractivity contribution >= 4 is 21.1 Å². The molecule has 196 valence electrons. The zero-order chi connectivity index (χ0) is 27.2. The highest BCUT2D eigenvalue weighted by Gasteiger charge is 2.36. The van der Waals surface area contributed by atoms with Crippen molar-refractivity contribution in [3.8, 4) is 34.0 Å². The van der Waals surface area contributed by atoms with Crippen LogP contribution in [0.5, 0.6) is 0 Å². The molecule has 5 aromatic rings. The van der Waals surface area contributed by atoms with Gasteiger partial charge < -0.3 is 8.98 Å². The van der Waals surface area contributed by atoms with Gasteiger partial charge in [0.25, 0.3) is 0 Å². The summed E-state index contributed by atoms with van der Waals surface area (Å²) in [6.45, 7) is -0.401. The van der Waals surface area contributed by atoms with E-state index in [0.717, 1.165) is 12.3 Å². The SMILES string of the molecule is Cn1cnnc1-c1c(-c2ccccc2)ccc(F)c1-c1nc2cc(CNS(C)(=O)=O)cc(C(F)(F)F)c2o1. The van der Waals surface area contributed by atoms with Gasteiger partial charge in [0, 0.05) is 19.2 Å². The zero-order valence-electron chi connectivity index (χ0n) is 19.9. The summed E-state index contributed by atoms with van der Waals surface area (Å²) in [5.41, 5.74) is -0.709. The third-order valence-corrected chi connectivity index (χ3v) is 6.45. The Kier molecular flexibility index (Phi) is 6.27. The predicted molar refractivity (Wildman–Crippen MR) is 132 cm³/mol. The average Bonchev–Trinajstić information content (AvgIpc) is 3.47. The van der Waals surface area contributed by atoms with Crippen molar-refractivity contribution in [2.24, 2.45) is 7.05 Å². The van der Waals surface area contributed by atoms with Gasteiger partial charge in [-0.2, -0.15) is 13.2 Å². The Hall–Kier alpha value is -4.10. The maximum absolute atomic E-state index is 15.5. The first-order valence-electron chi connectivity index (χ1n) is 11.1. The van der Waals surface area contributed by atoms with Gasteiger partial charge in [-0.3, -0.25) is 0 Å². The molecular weight excluding hydrogens is 526 g/mol. The molecular formula is C25H19F4N5O3S. The summed E-state index contributed by atoms with van der Waals surface area (Å²) in [5.74, 6) is -0.941. The number of alkyl halides is 3. The van der Waals surface area contributed by atoms with Crippen LogP contribution in [0.1, 0.15) is 11.1 Å². The molecule has 0 fully saturated rings. The van der Waals surface area contributed by atoms with Gasteiger partial charge in [0.1, 0.15) is 23.2 Å². The Morgan fingerprint density at radius 2 is 1.79 bits per heavy atom. The van der Waals surface area contributed by atoms with Crippen LogP contribution >= 0.6 is 0 Å². The fraction of sp³-hybridized carbons (Fsp3) is 0.160. The topological polar surface area (TPSA) is 103 Å². The smallest absolute Gasteiger partial charge is 0.420 e. The predicted octanol–water partition coefficient (Wildman–Crippen LogP) is 5.16. The number of fused-ring (bicyclic) bond motifs is 1. The van der Waals surface area contributed by atoms with Gasteiger partial charge >= 0.3 is 6.18 Å². The molecule has 0 spiro atoms. The Labute approximate surface area is 214 Å². The largest absolute Gasteiger partial charge is 0.435 e. The van der Waals surface area contributed by atoms with E-state index in [0.29, 0.717) is 11.1 Å². The van der Waals surface area contributed by atoms with E-state index in [9.17, 15) is 21.6 Å². The second-order valence-corrected chi connectivity index (χ2v) is 10.4. The Balaban J connectivity index is 1.78. The lowest BCUT2D eigenvalue weighted by atomic mass is 9.94. The first-order chi connectivity index (χ1) is 17.9. The molecule has 2 heterocycles. The van der Waals surface area contributed by atoms with Crippen LogP contribution in [0.4, 0.5) is 17.6 Å². The second-order valence-electron chi connectivity index (χ2n) is 8.58. The highest BCUT2D eigenvalue weighted by molar-refractivity contribution is 7.88. The molecule has 3 aromatic carbocycles. The number of aryl methyl sites for hydroxylation is 1. The van der Waals surface area contributed by atoms with Crippen LogP contribution in [-0.4, -0.2) is 34.4 Å². The number of hydrogen-bond donors (Lipinski definition) is 1. The summed E-state index contributed by atoms with van der Waals surface area (Å²) < 4.78 is 89.7. The van der Waals surface area contributed by atoms with Gasteiger partial charge in [-0.1, -0.05) is 36.4 Å². The van der Waals surface area contributed by atoms with Gasteiger partial charge in [0.2, 0.25) is 15.9 Å². The molecule has 0 unspecified atom stereocenters. The van der Waals surface area contributed by atoms with Crippen molar-refractivity contribution in [1.82, 2.24) is 24.5 Å². The molecule has 1 N–H and O–H groups in total. The van der Waals surface area contributed by atoms with E-state index in [2.05, 4.69) is 19.9 Å². The number of nitrogens with zero attached hydrogens (tertiary/aromatic N) is 4. The van der Waals surface area contributed by atoms with Crippen LogP contribution in [0, 0.1) is 5.82 Å². The van der Waals surface area contributed by atoms with E-state index in [1.165, 1.54) is 24.5 Å². The molecule has 0 saturated carbocycles. The van der Waals surface area contributed by atoms with E-state index in [4.69, 9.17) is 4.42 Å². The maximum Gasteiger partial charge on any atom is 0.420 e. The summed E-state index contributed by atoms with van der Waals surface area (Å²) in [6, 6.07) is 13.7. The third kappa shape index (κ3) is 4.89. The summed E-state index contributed by atoms with van der Waals surface area (Å²) in [5, 5.41) is 7.98. The summed E-state index contributed by atoms with van der Waals surface area (Å²) in [4.78, 5) is 4.22. The number of oxazole rings is 1. The van der Waals surface area contributed by atoms with Crippen molar-refractivity contribution in [3.63, 3.8) is 0 Å². The minimum absolute atomic E-state index is 0.00197. The van der Waals surface area contributed by atoms with Gasteiger partial charge in [-0.15, -0.1) is 10.2 Å². The third-order valence-electron chi connectivity index (χ3n) is 5.78. The minimum Gasteiger partial charge on any atom is -0.435 e. The molecule has 0 amide bonds. The standard InChI is InChI=1S/C25H19F4N5O3S/c1-34-13-30-33-23(34)20-16(15-6-4-3-5-7-15)8-9-18(26)21(20)24-32-19-11-14(12-31-38(2,35)36)10-17(22(19)37-24)25(27,28)29/h3-11,13,31H,12H2,1-2H3. The Morgan fingerprint density at radius 1 is 1.05 bits per heavy atom. The lowest BCUT2D eigenvalue weighted by Gasteiger charge is -2.14. The molecule has 38 heavy (non-hydrogen) atoms. The van der Waals surface area contributed by atoms with Crippen molar-refractivity contribution in [3.05, 3.63) is 77.9 Å². The van der Waals surface area contributed by atoms with E-state index in [1.54, 1.807) is 35.9 Å². The molecule has 0 atom stereocenters. The molecule has 0 bridgehead atoms. The Bertz CT molecular complexity index is 1760. The van der Waals surface area contributed by atoms with Crippen LogP contribution in [0.2, 0.25) is 0 Å². The first-order valence-corrected chi connectivity index (χ1v) is 13.0. The van der Waals surface area contributed by atoms with Crippen LogP contribution in [0.3, 0.4) is 0 Å². The molecule has 0 aliphatic carbocycles. The van der Waals surface area contributed by atoms with Gasteiger partial charge in [0.15, 0.2) is 11.4 Å². The van der Waals surface area contributed by atoms with Gasteiger partial charge in [-0.25, -0.2) is 22.5 Å². The number of sulfonamides is 1. The average molecular weight is 546 g/mol. The molecule has 8 nitrogen and oxygen atoms in total. The Morgan fingerprint density at radius 3 is 2.42 bits per heavy atom. The van der Waals surface area contributed by atoms with Gasteiger partial charge in [0.05, 0.1) is 11.8 Å². The number of aromatic nitrogens is 4. The molecule has 0 radical (unpaired) electrons. The molecule has 13 heteroatoms. The van der Waals surface area contributed by atoms with Gasteiger partial charge in [-0.05, 0) is 34.9 Å². The normalized spacial score (nSPS) is 12.4. The fourth-order valence-corrected chi connectivity index (χ4v) is 4.54. The molecule has 0 aliphatic rings. The van der Waals surface area contributed by atoms with Crippen molar-refractivity contribution in [2.75, 3.05) is 6.26 Å². The lowest BCUT2D eigenvalue weighted by Crippen LogP contribution is -2.21. The van der Waals surface area contributed by atoms with Crippen LogP contribution < -0.4 is 4.72 Å². The lowest BCUT2D eigenvalue weighted by molar-refractivity contribution is -0.136. The highest BCUT2D eigenvalue weighted by atomic mass is 32.2. The maximum atomic E-state index is 15.5. The quantitative estimate of drug-likeness (QED) is 0.296. The van der Waals surface area contributed by atoms with E-state index in [1.807, 2.05) is 6.07 Å². The van der Waals surface area contributed by atoms with Crippen molar-refractivity contribution in [2.45, 2.75) is 12.7 Å². The molecule has 2 aromatic heterocycles.